The number of rotatable bonds is 7. The molecule has 178 valence electrons. The summed E-state index contributed by atoms with van der Waals surface area (Å²) in [5.41, 5.74) is 3.56. The first-order valence-corrected chi connectivity index (χ1v) is 12.0. The molecule has 1 fully saturated rings. The van der Waals surface area contributed by atoms with Gasteiger partial charge in [0.25, 0.3) is 0 Å². The van der Waals surface area contributed by atoms with E-state index in [1.165, 1.54) is 0 Å². The van der Waals surface area contributed by atoms with Gasteiger partial charge in [0.2, 0.25) is 11.8 Å². The van der Waals surface area contributed by atoms with Crippen LogP contribution in [-0.4, -0.2) is 34.7 Å². The minimum Gasteiger partial charge on any atom is -0.355 e. The molecule has 7 nitrogen and oxygen atoms in total. The number of nitrogens with zero attached hydrogens (tertiary/aromatic N) is 3. The highest BCUT2D eigenvalue weighted by molar-refractivity contribution is 5.96. The fourth-order valence-corrected chi connectivity index (χ4v) is 4.25. The number of carbonyl (C=O) groups is 2. The zero-order valence-electron chi connectivity index (χ0n) is 20.1. The van der Waals surface area contributed by atoms with E-state index in [1.807, 2.05) is 86.1 Å². The summed E-state index contributed by atoms with van der Waals surface area (Å²) in [6.45, 7) is 7.66. The van der Waals surface area contributed by atoms with Gasteiger partial charge in [-0.15, -0.1) is 0 Å². The van der Waals surface area contributed by atoms with Crippen molar-refractivity contribution in [2.24, 2.45) is 11.8 Å². The van der Waals surface area contributed by atoms with E-state index in [4.69, 9.17) is 5.10 Å². The second-order valence-corrected chi connectivity index (χ2v) is 9.14. The molecule has 0 spiro atoms. The normalized spacial score (nSPS) is 14.3. The van der Waals surface area contributed by atoms with Crippen molar-refractivity contribution in [1.82, 2.24) is 15.1 Å². The third kappa shape index (κ3) is 5.30. The number of para-hydroxylation sites is 1. The van der Waals surface area contributed by atoms with Gasteiger partial charge in [-0.1, -0.05) is 62.4 Å². The van der Waals surface area contributed by atoms with Gasteiger partial charge in [-0.25, -0.2) is 4.68 Å². The predicted octanol–water partition coefficient (Wildman–Crippen LogP) is 4.31. The van der Waals surface area contributed by atoms with Crippen LogP contribution in [0.5, 0.6) is 0 Å². The zero-order valence-corrected chi connectivity index (χ0v) is 20.1. The van der Waals surface area contributed by atoms with Crippen LogP contribution in [0, 0.1) is 18.8 Å². The molecule has 7 heteroatoms. The van der Waals surface area contributed by atoms with Gasteiger partial charge >= 0.3 is 0 Å². The molecule has 2 amide bonds. The molecular formula is C27H33N5O2. The Morgan fingerprint density at radius 3 is 2.24 bits per heavy atom. The number of aromatic nitrogens is 2. The fourth-order valence-electron chi connectivity index (χ4n) is 4.25. The maximum atomic E-state index is 12.8. The second-order valence-electron chi connectivity index (χ2n) is 9.14. The van der Waals surface area contributed by atoms with Gasteiger partial charge in [0, 0.05) is 31.5 Å². The molecule has 2 heterocycles. The number of piperidine rings is 1. The Balaban J connectivity index is 1.51. The lowest BCUT2D eigenvalue weighted by Gasteiger charge is -2.33. The third-order valence-electron chi connectivity index (χ3n) is 6.28. The standard InChI is InChI=1S/C27H33N5O2/c1-19(2)25(33)29-24-20(3)30-32(23-12-8-5-9-13-23)27(24)31-16-14-22(15-17-31)26(34)28-18-21-10-6-4-7-11-21/h4-13,19,22H,14-18H2,1-3H3,(H,28,34)(H,29,33). The van der Waals surface area contributed by atoms with Gasteiger partial charge in [-0.2, -0.15) is 5.10 Å². The number of aryl methyl sites for hydroxylation is 1. The van der Waals surface area contributed by atoms with E-state index in [-0.39, 0.29) is 23.7 Å². The molecule has 0 unspecified atom stereocenters. The summed E-state index contributed by atoms with van der Waals surface area (Å²) in [7, 11) is 0. The number of hydrogen-bond donors (Lipinski definition) is 2. The summed E-state index contributed by atoms with van der Waals surface area (Å²) in [5.74, 6) is 0.784. The van der Waals surface area contributed by atoms with Crippen molar-refractivity contribution < 1.29 is 9.59 Å². The largest absolute Gasteiger partial charge is 0.355 e. The van der Waals surface area contributed by atoms with Gasteiger partial charge < -0.3 is 15.5 Å². The number of benzene rings is 2. The summed E-state index contributed by atoms with van der Waals surface area (Å²) in [5, 5.41) is 10.9. The van der Waals surface area contributed by atoms with Crippen LogP contribution in [0.15, 0.2) is 60.7 Å². The summed E-state index contributed by atoms with van der Waals surface area (Å²) < 4.78 is 1.90. The van der Waals surface area contributed by atoms with E-state index in [0.717, 1.165) is 41.3 Å². The Bertz CT molecular complexity index is 1120. The molecule has 0 atom stereocenters. The highest BCUT2D eigenvalue weighted by atomic mass is 16.2. The van der Waals surface area contributed by atoms with Crippen molar-refractivity contribution in [2.45, 2.75) is 40.2 Å². The molecule has 0 bridgehead atoms. The van der Waals surface area contributed by atoms with Gasteiger partial charge in [-0.05, 0) is 37.5 Å². The van der Waals surface area contributed by atoms with Gasteiger partial charge in [0.15, 0.2) is 5.82 Å². The van der Waals surface area contributed by atoms with Crippen molar-refractivity contribution in [3.05, 3.63) is 71.9 Å². The van der Waals surface area contributed by atoms with E-state index >= 15 is 0 Å². The maximum Gasteiger partial charge on any atom is 0.227 e. The van der Waals surface area contributed by atoms with Crippen molar-refractivity contribution in [3.8, 4) is 5.69 Å². The molecule has 0 aliphatic carbocycles. The molecule has 0 radical (unpaired) electrons. The second kappa shape index (κ2) is 10.5. The third-order valence-corrected chi connectivity index (χ3v) is 6.28. The topological polar surface area (TPSA) is 79.3 Å². The maximum absolute atomic E-state index is 12.8. The minimum atomic E-state index is -0.133. The van der Waals surface area contributed by atoms with Gasteiger partial charge in [0.1, 0.15) is 5.69 Å². The SMILES string of the molecule is Cc1nn(-c2ccccc2)c(N2CCC(C(=O)NCc3ccccc3)CC2)c1NC(=O)C(C)C. The molecule has 3 aromatic rings. The van der Waals surface area contributed by atoms with E-state index in [0.29, 0.717) is 19.6 Å². The van der Waals surface area contributed by atoms with E-state index < -0.39 is 0 Å². The van der Waals surface area contributed by atoms with Crippen molar-refractivity contribution in [2.75, 3.05) is 23.3 Å². The first-order valence-electron chi connectivity index (χ1n) is 12.0. The molecule has 1 aromatic heterocycles. The van der Waals surface area contributed by atoms with Crippen LogP contribution in [0.2, 0.25) is 0 Å². The fraction of sp³-hybridized carbons (Fsp3) is 0.370. The summed E-state index contributed by atoms with van der Waals surface area (Å²) in [4.78, 5) is 27.6. The molecule has 1 aliphatic rings. The highest BCUT2D eigenvalue weighted by Gasteiger charge is 2.30. The van der Waals surface area contributed by atoms with E-state index in [2.05, 4.69) is 15.5 Å². The number of carbonyl (C=O) groups excluding carboxylic acids is 2. The van der Waals surface area contributed by atoms with Crippen molar-refractivity contribution >= 4 is 23.3 Å². The average Bonchev–Trinajstić information content (AvgIpc) is 3.19. The zero-order chi connectivity index (χ0) is 24.1. The molecule has 1 aliphatic heterocycles. The quantitative estimate of drug-likeness (QED) is 0.552. The monoisotopic (exact) mass is 459 g/mol. The molecule has 0 saturated carbocycles. The van der Waals surface area contributed by atoms with Gasteiger partial charge in [0.05, 0.1) is 11.4 Å². The van der Waals surface area contributed by atoms with E-state index in [9.17, 15) is 9.59 Å². The lowest BCUT2D eigenvalue weighted by atomic mass is 9.95. The summed E-state index contributed by atoms with van der Waals surface area (Å²) in [6.07, 6.45) is 1.49. The molecule has 1 saturated heterocycles. The van der Waals surface area contributed by atoms with Crippen molar-refractivity contribution in [3.63, 3.8) is 0 Å². The van der Waals surface area contributed by atoms with Crippen LogP contribution in [0.25, 0.3) is 5.69 Å². The van der Waals surface area contributed by atoms with E-state index in [1.54, 1.807) is 0 Å². The first kappa shape index (κ1) is 23.5. The smallest absolute Gasteiger partial charge is 0.227 e. The molecule has 4 rings (SSSR count). The Kier molecular flexibility index (Phi) is 7.30. The van der Waals surface area contributed by atoms with Crippen LogP contribution in [-0.2, 0) is 16.1 Å². The number of hydrogen-bond acceptors (Lipinski definition) is 4. The van der Waals surface area contributed by atoms with Crippen LogP contribution in [0.1, 0.15) is 37.9 Å². The number of anilines is 2. The Hall–Kier alpha value is -3.61. The van der Waals surface area contributed by atoms with Crippen LogP contribution < -0.4 is 15.5 Å². The van der Waals surface area contributed by atoms with Crippen LogP contribution >= 0.6 is 0 Å². The average molecular weight is 460 g/mol. The number of nitrogens with one attached hydrogen (secondary N) is 2. The molecule has 34 heavy (non-hydrogen) atoms. The van der Waals surface area contributed by atoms with Crippen molar-refractivity contribution in [1.29, 1.82) is 0 Å². The molecule has 2 N–H and O–H groups in total. The molecule has 2 aromatic carbocycles. The number of amides is 2. The first-order chi connectivity index (χ1) is 16.4. The predicted molar refractivity (Wildman–Crippen MR) is 135 cm³/mol. The molecular weight excluding hydrogens is 426 g/mol. The minimum absolute atomic E-state index is 0.0251. The van der Waals surface area contributed by atoms with Crippen LogP contribution in [0.3, 0.4) is 0 Å². The van der Waals surface area contributed by atoms with Crippen LogP contribution in [0.4, 0.5) is 11.5 Å². The summed E-state index contributed by atoms with van der Waals surface area (Å²) in [6, 6.07) is 19.9. The summed E-state index contributed by atoms with van der Waals surface area (Å²) >= 11 is 0. The Labute approximate surface area is 201 Å². The lowest BCUT2D eigenvalue weighted by molar-refractivity contribution is -0.125. The Morgan fingerprint density at radius 2 is 1.62 bits per heavy atom. The highest BCUT2D eigenvalue weighted by Crippen LogP contribution is 2.35. The lowest BCUT2D eigenvalue weighted by Crippen LogP contribution is -2.41. The Morgan fingerprint density at radius 1 is 1.00 bits per heavy atom. The van der Waals surface area contributed by atoms with Gasteiger partial charge in [-0.3, -0.25) is 9.59 Å².